The number of nitrogens with zero attached hydrogens (tertiary/aromatic N) is 1. The van der Waals surface area contributed by atoms with Crippen LogP contribution in [0.5, 0.6) is 0 Å². The summed E-state index contributed by atoms with van der Waals surface area (Å²) in [6, 6.07) is 10.0. The van der Waals surface area contributed by atoms with Gasteiger partial charge in [-0.25, -0.2) is 4.98 Å². The maximum atomic E-state index is 11.9. The molecule has 2 heterocycles. The van der Waals surface area contributed by atoms with Gasteiger partial charge in [-0.05, 0) is 17.6 Å². The Morgan fingerprint density at radius 3 is 2.74 bits per heavy atom. The van der Waals surface area contributed by atoms with E-state index < -0.39 is 0 Å². The number of rotatable bonds is 7. The molecule has 1 aromatic carbocycles. The SMILES string of the molecule is CC(C)c1[nH]c(CCOCc2ccccc2)nc1C=C1NC(=O)CNC1=O. The lowest BCUT2D eigenvalue weighted by Crippen LogP contribution is -2.46. The maximum Gasteiger partial charge on any atom is 0.268 e. The van der Waals surface area contributed by atoms with Crippen LogP contribution in [-0.2, 0) is 27.4 Å². The average Bonchev–Trinajstić information content (AvgIpc) is 3.06. The zero-order valence-electron chi connectivity index (χ0n) is 15.5. The molecule has 0 spiro atoms. The van der Waals surface area contributed by atoms with Crippen LogP contribution in [0, 0.1) is 0 Å². The van der Waals surface area contributed by atoms with Gasteiger partial charge >= 0.3 is 0 Å². The summed E-state index contributed by atoms with van der Waals surface area (Å²) in [4.78, 5) is 31.3. The van der Waals surface area contributed by atoms with Gasteiger partial charge in [-0.3, -0.25) is 9.59 Å². The second kappa shape index (κ2) is 8.64. The third-order valence-corrected chi connectivity index (χ3v) is 4.19. The highest BCUT2D eigenvalue weighted by molar-refractivity contribution is 6.05. The molecule has 0 bridgehead atoms. The van der Waals surface area contributed by atoms with E-state index in [0.717, 1.165) is 17.1 Å². The summed E-state index contributed by atoms with van der Waals surface area (Å²) in [5, 5.41) is 5.13. The molecule has 0 saturated carbocycles. The molecular formula is C20H24N4O3. The highest BCUT2D eigenvalue weighted by Gasteiger charge is 2.21. The molecule has 7 heteroatoms. The molecule has 1 fully saturated rings. The van der Waals surface area contributed by atoms with Crippen molar-refractivity contribution < 1.29 is 14.3 Å². The lowest BCUT2D eigenvalue weighted by atomic mass is 10.1. The molecule has 3 N–H and O–H groups in total. The van der Waals surface area contributed by atoms with Crippen LogP contribution in [0.15, 0.2) is 36.0 Å². The molecule has 0 unspecified atom stereocenters. The van der Waals surface area contributed by atoms with E-state index in [4.69, 9.17) is 4.74 Å². The molecule has 2 amide bonds. The van der Waals surface area contributed by atoms with E-state index in [9.17, 15) is 9.59 Å². The number of piperazine rings is 1. The van der Waals surface area contributed by atoms with Crippen molar-refractivity contribution in [3.63, 3.8) is 0 Å². The number of H-pyrrole nitrogens is 1. The predicted molar refractivity (Wildman–Crippen MR) is 102 cm³/mol. The van der Waals surface area contributed by atoms with E-state index in [1.54, 1.807) is 6.08 Å². The van der Waals surface area contributed by atoms with Crippen molar-refractivity contribution in [2.45, 2.75) is 32.8 Å². The lowest BCUT2D eigenvalue weighted by Gasteiger charge is -2.15. The first kappa shape index (κ1) is 18.8. The van der Waals surface area contributed by atoms with Crippen LogP contribution in [-0.4, -0.2) is 34.9 Å². The molecule has 2 aromatic rings. The zero-order valence-corrected chi connectivity index (χ0v) is 15.5. The first-order valence-electron chi connectivity index (χ1n) is 9.03. The number of carbonyl (C=O) groups excluding carboxylic acids is 2. The van der Waals surface area contributed by atoms with Gasteiger partial charge in [0, 0.05) is 12.1 Å². The molecule has 3 rings (SSSR count). The van der Waals surface area contributed by atoms with Crippen molar-refractivity contribution >= 4 is 17.9 Å². The van der Waals surface area contributed by atoms with Gasteiger partial charge in [-0.1, -0.05) is 44.2 Å². The van der Waals surface area contributed by atoms with Gasteiger partial charge < -0.3 is 20.4 Å². The number of ether oxygens (including phenoxy) is 1. The summed E-state index contributed by atoms with van der Waals surface area (Å²) in [5.41, 5.74) is 2.93. The fraction of sp³-hybridized carbons (Fsp3) is 0.350. The second-order valence-corrected chi connectivity index (χ2v) is 6.71. The molecule has 1 aromatic heterocycles. The quantitative estimate of drug-likeness (QED) is 0.514. The van der Waals surface area contributed by atoms with Crippen LogP contribution in [0.3, 0.4) is 0 Å². The second-order valence-electron chi connectivity index (χ2n) is 6.71. The third kappa shape index (κ3) is 5.04. The minimum atomic E-state index is -0.306. The molecule has 27 heavy (non-hydrogen) atoms. The fourth-order valence-electron chi connectivity index (χ4n) is 2.80. The Hall–Kier alpha value is -2.93. The minimum Gasteiger partial charge on any atom is -0.376 e. The molecule has 1 aliphatic heterocycles. The summed E-state index contributed by atoms with van der Waals surface area (Å²) in [5.74, 6) is 0.448. The molecule has 0 radical (unpaired) electrons. The molecule has 7 nitrogen and oxygen atoms in total. The van der Waals surface area contributed by atoms with E-state index in [1.165, 1.54) is 0 Å². The molecule has 0 atom stereocenters. The number of benzene rings is 1. The average molecular weight is 368 g/mol. The molecule has 142 valence electrons. The Balaban J connectivity index is 1.66. The van der Waals surface area contributed by atoms with E-state index >= 15 is 0 Å². The van der Waals surface area contributed by atoms with E-state index in [1.807, 2.05) is 44.2 Å². The number of imidazole rings is 1. The van der Waals surface area contributed by atoms with Crippen LogP contribution < -0.4 is 10.6 Å². The minimum absolute atomic E-state index is 0.00220. The zero-order chi connectivity index (χ0) is 19.2. The van der Waals surface area contributed by atoms with E-state index in [0.29, 0.717) is 25.3 Å². The Morgan fingerprint density at radius 2 is 2.00 bits per heavy atom. The number of hydrogen-bond donors (Lipinski definition) is 3. The normalized spacial score (nSPS) is 15.9. The largest absolute Gasteiger partial charge is 0.376 e. The summed E-state index contributed by atoms with van der Waals surface area (Å²) < 4.78 is 5.72. The summed E-state index contributed by atoms with van der Waals surface area (Å²) >= 11 is 0. The van der Waals surface area contributed by atoms with Gasteiger partial charge in [0.05, 0.1) is 25.5 Å². The van der Waals surface area contributed by atoms with Gasteiger partial charge in [0.25, 0.3) is 5.91 Å². The first-order valence-corrected chi connectivity index (χ1v) is 9.03. The van der Waals surface area contributed by atoms with Crippen molar-refractivity contribution in [3.8, 4) is 0 Å². The fourth-order valence-corrected chi connectivity index (χ4v) is 2.80. The van der Waals surface area contributed by atoms with Crippen molar-refractivity contribution in [2.24, 2.45) is 0 Å². The standard InChI is InChI=1S/C20H24N4O3/c1-13(2)19-15(10-16-20(26)21-11-18(25)23-16)22-17(24-19)8-9-27-12-14-6-4-3-5-7-14/h3-7,10,13H,8-9,11-12H2,1-2H3,(H,21,26)(H,22,24)(H,23,25). The van der Waals surface area contributed by atoms with Crippen LogP contribution in [0.1, 0.15) is 42.5 Å². The Kier molecular flexibility index (Phi) is 6.03. The number of nitrogens with one attached hydrogen (secondary N) is 3. The Labute approximate surface area is 158 Å². The van der Waals surface area contributed by atoms with Crippen LogP contribution >= 0.6 is 0 Å². The Morgan fingerprint density at radius 1 is 1.22 bits per heavy atom. The van der Waals surface area contributed by atoms with Gasteiger partial charge in [0.1, 0.15) is 11.5 Å². The number of carbonyl (C=O) groups is 2. The molecule has 0 aliphatic carbocycles. The molecule has 1 saturated heterocycles. The molecule has 1 aliphatic rings. The van der Waals surface area contributed by atoms with Crippen molar-refractivity contribution in [1.29, 1.82) is 0 Å². The maximum absolute atomic E-state index is 11.9. The van der Waals surface area contributed by atoms with Crippen LogP contribution in [0.2, 0.25) is 0 Å². The number of hydrogen-bond acceptors (Lipinski definition) is 4. The topological polar surface area (TPSA) is 96.1 Å². The van der Waals surface area contributed by atoms with Crippen molar-refractivity contribution in [2.75, 3.05) is 13.2 Å². The number of aromatic nitrogens is 2. The third-order valence-electron chi connectivity index (χ3n) is 4.19. The monoisotopic (exact) mass is 368 g/mol. The van der Waals surface area contributed by atoms with E-state index in [2.05, 4.69) is 20.6 Å². The highest BCUT2D eigenvalue weighted by atomic mass is 16.5. The summed E-state index contributed by atoms with van der Waals surface area (Å²) in [7, 11) is 0. The Bertz CT molecular complexity index is 840. The van der Waals surface area contributed by atoms with Gasteiger partial charge in [-0.2, -0.15) is 0 Å². The van der Waals surface area contributed by atoms with Crippen LogP contribution in [0.4, 0.5) is 0 Å². The summed E-state index contributed by atoms with van der Waals surface area (Å²) in [6.45, 7) is 5.18. The van der Waals surface area contributed by atoms with Gasteiger partial charge in [0.2, 0.25) is 5.91 Å². The van der Waals surface area contributed by atoms with Gasteiger partial charge in [0.15, 0.2) is 0 Å². The van der Waals surface area contributed by atoms with Crippen molar-refractivity contribution in [1.82, 2.24) is 20.6 Å². The first-order chi connectivity index (χ1) is 13.0. The number of aromatic amines is 1. The van der Waals surface area contributed by atoms with Gasteiger partial charge in [-0.15, -0.1) is 0 Å². The molecular weight excluding hydrogens is 344 g/mol. The smallest absolute Gasteiger partial charge is 0.268 e. The predicted octanol–water partition coefficient (Wildman–Crippen LogP) is 1.88. The lowest BCUT2D eigenvalue weighted by molar-refractivity contribution is -0.127. The van der Waals surface area contributed by atoms with Crippen LogP contribution in [0.25, 0.3) is 6.08 Å². The number of amides is 2. The van der Waals surface area contributed by atoms with Crippen molar-refractivity contribution in [3.05, 3.63) is 58.8 Å². The summed E-state index contributed by atoms with van der Waals surface area (Å²) in [6.07, 6.45) is 2.25. The highest BCUT2D eigenvalue weighted by Crippen LogP contribution is 2.20. The van der Waals surface area contributed by atoms with E-state index in [-0.39, 0.29) is 30.0 Å².